The Hall–Kier alpha value is -1.79. The SMILES string of the molecule is CCCN1CCC2(CCN(c3cc(C(F)(F)F)ccn3)C2)C1=O. The average Bonchev–Trinajstić information content (AvgIpc) is 3.07. The fraction of sp³-hybridized carbons (Fsp3) is 0.625. The number of aromatic nitrogens is 1. The van der Waals surface area contributed by atoms with Gasteiger partial charge in [-0.3, -0.25) is 4.79 Å². The molecule has 126 valence electrons. The van der Waals surface area contributed by atoms with Crippen molar-refractivity contribution in [2.24, 2.45) is 5.41 Å². The highest BCUT2D eigenvalue weighted by molar-refractivity contribution is 5.86. The second-order valence-corrected chi connectivity index (χ2v) is 6.39. The Balaban J connectivity index is 1.77. The predicted octanol–water partition coefficient (Wildman–Crippen LogP) is 2.94. The molecule has 0 N–H and O–H groups in total. The van der Waals surface area contributed by atoms with Gasteiger partial charge in [0, 0.05) is 32.4 Å². The lowest BCUT2D eigenvalue weighted by molar-refractivity contribution is -0.137. The number of carbonyl (C=O) groups excluding carboxylic acids is 1. The maximum Gasteiger partial charge on any atom is 0.416 e. The summed E-state index contributed by atoms with van der Waals surface area (Å²) in [6, 6.07) is 2.04. The first kappa shape index (κ1) is 16.1. The number of likely N-dealkylation sites (tertiary alicyclic amines) is 1. The highest BCUT2D eigenvalue weighted by Crippen LogP contribution is 2.42. The minimum Gasteiger partial charge on any atom is -0.355 e. The molecule has 2 saturated heterocycles. The van der Waals surface area contributed by atoms with Gasteiger partial charge in [0.1, 0.15) is 5.82 Å². The first-order valence-electron chi connectivity index (χ1n) is 7.93. The molecule has 1 amide bonds. The van der Waals surface area contributed by atoms with Crippen molar-refractivity contribution in [1.29, 1.82) is 0 Å². The molecule has 2 aliphatic heterocycles. The Kier molecular flexibility index (Phi) is 3.98. The number of halogens is 3. The summed E-state index contributed by atoms with van der Waals surface area (Å²) in [5.74, 6) is 0.451. The van der Waals surface area contributed by atoms with Crippen molar-refractivity contribution in [2.75, 3.05) is 31.1 Å². The molecule has 0 saturated carbocycles. The van der Waals surface area contributed by atoms with E-state index in [0.717, 1.165) is 38.1 Å². The first-order valence-corrected chi connectivity index (χ1v) is 7.93. The molecule has 1 unspecified atom stereocenters. The molecule has 1 atom stereocenters. The van der Waals surface area contributed by atoms with Gasteiger partial charge in [-0.25, -0.2) is 4.98 Å². The molecule has 1 spiro atoms. The van der Waals surface area contributed by atoms with Crippen molar-refractivity contribution >= 4 is 11.7 Å². The van der Waals surface area contributed by atoms with Gasteiger partial charge in [0.2, 0.25) is 5.91 Å². The normalized spacial score (nSPS) is 25.0. The van der Waals surface area contributed by atoms with Crippen LogP contribution in [0.25, 0.3) is 0 Å². The minimum absolute atomic E-state index is 0.147. The van der Waals surface area contributed by atoms with E-state index in [2.05, 4.69) is 4.98 Å². The van der Waals surface area contributed by atoms with Gasteiger partial charge in [-0.2, -0.15) is 13.2 Å². The van der Waals surface area contributed by atoms with Crippen LogP contribution in [0.1, 0.15) is 31.7 Å². The third-order valence-corrected chi connectivity index (χ3v) is 4.85. The van der Waals surface area contributed by atoms with Gasteiger partial charge < -0.3 is 9.80 Å². The highest BCUT2D eigenvalue weighted by Gasteiger charge is 2.50. The molecule has 4 nitrogen and oxygen atoms in total. The smallest absolute Gasteiger partial charge is 0.355 e. The predicted molar refractivity (Wildman–Crippen MR) is 80.0 cm³/mol. The summed E-state index contributed by atoms with van der Waals surface area (Å²) in [5.41, 5.74) is -1.14. The lowest BCUT2D eigenvalue weighted by Gasteiger charge is -2.24. The molecule has 1 aromatic rings. The number of pyridine rings is 1. The number of anilines is 1. The summed E-state index contributed by atoms with van der Waals surface area (Å²) in [5, 5.41) is 0. The van der Waals surface area contributed by atoms with Gasteiger partial charge in [-0.15, -0.1) is 0 Å². The van der Waals surface area contributed by atoms with Crippen LogP contribution in [0.5, 0.6) is 0 Å². The van der Waals surface area contributed by atoms with Crippen LogP contribution in [-0.2, 0) is 11.0 Å². The maximum atomic E-state index is 12.8. The lowest BCUT2D eigenvalue weighted by atomic mass is 9.85. The number of rotatable bonds is 3. The molecular formula is C16H20F3N3O. The molecule has 0 radical (unpaired) electrons. The van der Waals surface area contributed by atoms with Gasteiger partial charge in [0.15, 0.2) is 0 Å². The fourth-order valence-electron chi connectivity index (χ4n) is 3.59. The van der Waals surface area contributed by atoms with Crippen LogP contribution < -0.4 is 4.90 Å². The van der Waals surface area contributed by atoms with Crippen molar-refractivity contribution in [1.82, 2.24) is 9.88 Å². The summed E-state index contributed by atoms with van der Waals surface area (Å²) in [6.45, 7) is 4.56. The Morgan fingerprint density at radius 3 is 2.74 bits per heavy atom. The Morgan fingerprint density at radius 1 is 1.30 bits per heavy atom. The number of carbonyl (C=O) groups is 1. The molecule has 23 heavy (non-hydrogen) atoms. The molecule has 1 aromatic heterocycles. The Bertz CT molecular complexity index is 604. The van der Waals surface area contributed by atoms with Crippen molar-refractivity contribution < 1.29 is 18.0 Å². The van der Waals surface area contributed by atoms with Crippen LogP contribution >= 0.6 is 0 Å². The maximum absolute atomic E-state index is 12.8. The Labute approximate surface area is 133 Å². The summed E-state index contributed by atoms with van der Waals surface area (Å²) < 4.78 is 38.5. The zero-order valence-electron chi connectivity index (χ0n) is 13.1. The third-order valence-electron chi connectivity index (χ3n) is 4.85. The number of hydrogen-bond donors (Lipinski definition) is 0. The quantitative estimate of drug-likeness (QED) is 0.856. The summed E-state index contributed by atoms with van der Waals surface area (Å²) in [7, 11) is 0. The molecule has 3 heterocycles. The summed E-state index contributed by atoms with van der Waals surface area (Å²) >= 11 is 0. The number of amides is 1. The largest absolute Gasteiger partial charge is 0.416 e. The average molecular weight is 327 g/mol. The van der Waals surface area contributed by atoms with E-state index >= 15 is 0 Å². The van der Waals surface area contributed by atoms with E-state index in [1.807, 2.05) is 16.7 Å². The molecular weight excluding hydrogens is 307 g/mol. The molecule has 2 aliphatic rings. The fourth-order valence-corrected chi connectivity index (χ4v) is 3.59. The van der Waals surface area contributed by atoms with E-state index in [1.54, 1.807) is 0 Å². The minimum atomic E-state index is -4.38. The van der Waals surface area contributed by atoms with E-state index in [4.69, 9.17) is 0 Å². The van der Waals surface area contributed by atoms with E-state index < -0.39 is 17.2 Å². The van der Waals surface area contributed by atoms with Crippen LogP contribution in [0.15, 0.2) is 18.3 Å². The molecule has 2 fully saturated rings. The van der Waals surface area contributed by atoms with E-state index in [-0.39, 0.29) is 5.91 Å². The second-order valence-electron chi connectivity index (χ2n) is 6.39. The highest BCUT2D eigenvalue weighted by atomic mass is 19.4. The summed E-state index contributed by atoms with van der Waals surface area (Å²) in [4.78, 5) is 20.4. The zero-order chi connectivity index (χ0) is 16.7. The Morgan fingerprint density at radius 2 is 2.04 bits per heavy atom. The van der Waals surface area contributed by atoms with E-state index in [0.29, 0.717) is 25.3 Å². The molecule has 0 bridgehead atoms. The summed E-state index contributed by atoms with van der Waals surface area (Å²) in [6.07, 6.45) is -0.814. The number of alkyl halides is 3. The van der Waals surface area contributed by atoms with Gasteiger partial charge in [-0.1, -0.05) is 6.92 Å². The molecule has 0 aliphatic carbocycles. The van der Waals surface area contributed by atoms with Crippen molar-refractivity contribution in [2.45, 2.75) is 32.4 Å². The van der Waals surface area contributed by atoms with E-state index in [9.17, 15) is 18.0 Å². The topological polar surface area (TPSA) is 36.4 Å². The van der Waals surface area contributed by atoms with Crippen molar-refractivity contribution in [3.63, 3.8) is 0 Å². The lowest BCUT2D eigenvalue weighted by Crippen LogP contribution is -2.37. The number of hydrogen-bond acceptors (Lipinski definition) is 3. The molecule has 0 aromatic carbocycles. The van der Waals surface area contributed by atoms with Gasteiger partial charge >= 0.3 is 6.18 Å². The van der Waals surface area contributed by atoms with E-state index in [1.165, 1.54) is 6.20 Å². The van der Waals surface area contributed by atoms with Crippen LogP contribution in [0.2, 0.25) is 0 Å². The first-order chi connectivity index (χ1) is 10.9. The van der Waals surface area contributed by atoms with Crippen LogP contribution in [-0.4, -0.2) is 42.0 Å². The van der Waals surface area contributed by atoms with Crippen LogP contribution in [0.3, 0.4) is 0 Å². The van der Waals surface area contributed by atoms with Gasteiger partial charge in [-0.05, 0) is 31.4 Å². The standard InChI is InChI=1S/C16H20F3N3O/c1-2-7-21-8-4-15(14(21)23)5-9-22(11-15)13-10-12(3-6-20-13)16(17,18)19/h3,6,10H,2,4-5,7-9,11H2,1H3. The molecule has 3 rings (SSSR count). The van der Waals surface area contributed by atoms with Crippen LogP contribution in [0.4, 0.5) is 19.0 Å². The molecule has 7 heteroatoms. The third kappa shape index (κ3) is 2.88. The second kappa shape index (κ2) is 5.69. The number of nitrogens with zero attached hydrogens (tertiary/aromatic N) is 3. The van der Waals surface area contributed by atoms with Crippen LogP contribution in [0, 0.1) is 5.41 Å². The van der Waals surface area contributed by atoms with Crippen molar-refractivity contribution in [3.8, 4) is 0 Å². The van der Waals surface area contributed by atoms with Crippen molar-refractivity contribution in [3.05, 3.63) is 23.9 Å². The monoisotopic (exact) mass is 327 g/mol. The van der Waals surface area contributed by atoms with Gasteiger partial charge in [0.25, 0.3) is 0 Å². The van der Waals surface area contributed by atoms with Gasteiger partial charge in [0.05, 0.1) is 11.0 Å². The zero-order valence-corrected chi connectivity index (χ0v) is 13.1.